The van der Waals surface area contributed by atoms with E-state index in [1.165, 1.54) is 12.7 Å². The summed E-state index contributed by atoms with van der Waals surface area (Å²) < 4.78 is 5.24. The van der Waals surface area contributed by atoms with Crippen molar-refractivity contribution in [1.29, 1.82) is 0 Å². The SMILES string of the molecule is COC(=O)[C@@]1(C)CC[C@@]2(C)CC[C@@]3(C)C(=CC(=O)[C@@H]4[C@@]5(C)CCC(=O)C(C)(C)[C@@H]5CC[C@@]43C)[C@@H]2C1. The van der Waals surface area contributed by atoms with E-state index >= 15 is 0 Å². The van der Waals surface area contributed by atoms with Gasteiger partial charge in [-0.1, -0.05) is 47.1 Å². The molecule has 4 nitrogen and oxygen atoms in total. The van der Waals surface area contributed by atoms with Crippen molar-refractivity contribution in [2.75, 3.05) is 7.11 Å². The molecular weight excluding hydrogens is 436 g/mol. The van der Waals surface area contributed by atoms with Crippen molar-refractivity contribution in [3.8, 4) is 0 Å². The zero-order valence-corrected chi connectivity index (χ0v) is 23.3. The average Bonchev–Trinajstić information content (AvgIpc) is 2.78. The fourth-order valence-corrected chi connectivity index (χ4v) is 10.4. The van der Waals surface area contributed by atoms with E-state index in [0.717, 1.165) is 51.4 Å². The second-order valence-corrected chi connectivity index (χ2v) is 14.9. The fraction of sp³-hybridized carbons (Fsp3) is 0.839. The van der Waals surface area contributed by atoms with E-state index in [4.69, 9.17) is 4.74 Å². The van der Waals surface area contributed by atoms with Crippen LogP contribution in [0.2, 0.25) is 0 Å². The summed E-state index contributed by atoms with van der Waals surface area (Å²) in [6, 6.07) is 0. The van der Waals surface area contributed by atoms with Crippen LogP contribution in [0.25, 0.3) is 0 Å². The molecule has 0 N–H and O–H groups in total. The number of allylic oxidation sites excluding steroid dienone is 2. The molecule has 5 aliphatic carbocycles. The summed E-state index contributed by atoms with van der Waals surface area (Å²) >= 11 is 0. The number of hydrogen-bond acceptors (Lipinski definition) is 4. The number of rotatable bonds is 1. The third kappa shape index (κ3) is 3.00. The first-order valence-electron chi connectivity index (χ1n) is 14.0. The molecule has 4 saturated carbocycles. The Hall–Kier alpha value is -1.45. The van der Waals surface area contributed by atoms with E-state index in [1.807, 2.05) is 0 Å². The van der Waals surface area contributed by atoms with Crippen LogP contribution in [0, 0.1) is 50.2 Å². The Morgan fingerprint density at radius 1 is 0.914 bits per heavy atom. The van der Waals surface area contributed by atoms with Crippen LogP contribution in [0.3, 0.4) is 0 Å². The molecule has 0 aromatic rings. The minimum Gasteiger partial charge on any atom is -0.469 e. The van der Waals surface area contributed by atoms with Crippen LogP contribution < -0.4 is 0 Å². The molecule has 0 spiro atoms. The van der Waals surface area contributed by atoms with E-state index in [1.54, 1.807) is 0 Å². The van der Waals surface area contributed by atoms with Gasteiger partial charge in [-0.3, -0.25) is 14.4 Å². The molecule has 4 heteroatoms. The predicted octanol–water partition coefficient (Wildman–Crippen LogP) is 6.71. The molecule has 35 heavy (non-hydrogen) atoms. The molecule has 8 atom stereocenters. The van der Waals surface area contributed by atoms with Crippen molar-refractivity contribution in [2.45, 2.75) is 106 Å². The highest BCUT2D eigenvalue weighted by molar-refractivity contribution is 5.96. The molecule has 0 aromatic heterocycles. The molecule has 194 valence electrons. The van der Waals surface area contributed by atoms with Crippen LogP contribution in [0.5, 0.6) is 0 Å². The Morgan fingerprint density at radius 3 is 2.23 bits per heavy atom. The minimum absolute atomic E-state index is 0.0465. The van der Waals surface area contributed by atoms with Crippen molar-refractivity contribution < 1.29 is 19.1 Å². The largest absolute Gasteiger partial charge is 0.469 e. The maximum atomic E-state index is 14.3. The quantitative estimate of drug-likeness (QED) is 0.390. The zero-order valence-electron chi connectivity index (χ0n) is 23.3. The van der Waals surface area contributed by atoms with Crippen LogP contribution in [-0.4, -0.2) is 24.6 Å². The summed E-state index contributed by atoms with van der Waals surface area (Å²) in [5, 5.41) is 0. The van der Waals surface area contributed by atoms with Crippen molar-refractivity contribution in [3.63, 3.8) is 0 Å². The first kappa shape index (κ1) is 25.2. The first-order valence-corrected chi connectivity index (χ1v) is 14.0. The van der Waals surface area contributed by atoms with Crippen LogP contribution >= 0.6 is 0 Å². The Labute approximate surface area is 212 Å². The summed E-state index contributed by atoms with van der Waals surface area (Å²) in [6.45, 7) is 15.9. The van der Waals surface area contributed by atoms with Gasteiger partial charge in [-0.05, 0) is 97.9 Å². The lowest BCUT2D eigenvalue weighted by Crippen LogP contribution is -2.66. The number of fused-ring (bicyclic) bond motifs is 7. The summed E-state index contributed by atoms with van der Waals surface area (Å²) in [6.07, 6.45) is 10.3. The lowest BCUT2D eigenvalue weighted by atomic mass is 9.33. The standard InChI is InChI=1S/C31H46O4/c1-26(2)22-9-12-31(7)24(29(22,5)11-10-23(26)33)21(32)17-19-20-18-28(4,25(34)35-8)14-13-27(20,3)15-16-30(19,31)6/h17,20,22,24H,9-16,18H2,1-8H3/t20-,22-,24+,27-,28-,29-,30-,31-/m0/s1. The van der Waals surface area contributed by atoms with E-state index in [0.29, 0.717) is 12.2 Å². The first-order chi connectivity index (χ1) is 16.1. The van der Waals surface area contributed by atoms with Gasteiger partial charge in [0.2, 0.25) is 0 Å². The Kier molecular flexibility index (Phi) is 5.27. The van der Waals surface area contributed by atoms with Crippen molar-refractivity contribution >= 4 is 17.5 Å². The number of esters is 1. The van der Waals surface area contributed by atoms with Crippen LogP contribution in [0.4, 0.5) is 0 Å². The van der Waals surface area contributed by atoms with Gasteiger partial charge in [0, 0.05) is 17.8 Å². The molecule has 0 bridgehead atoms. The van der Waals surface area contributed by atoms with Gasteiger partial charge in [-0.15, -0.1) is 0 Å². The van der Waals surface area contributed by atoms with Crippen molar-refractivity contribution in [2.24, 2.45) is 50.2 Å². The normalized spacial score (nSPS) is 50.7. The third-order valence-electron chi connectivity index (χ3n) is 13.0. The lowest BCUT2D eigenvalue weighted by Gasteiger charge is -2.69. The monoisotopic (exact) mass is 482 g/mol. The molecule has 0 unspecified atom stereocenters. The molecule has 0 aromatic carbocycles. The predicted molar refractivity (Wildman–Crippen MR) is 136 cm³/mol. The van der Waals surface area contributed by atoms with Crippen molar-refractivity contribution in [3.05, 3.63) is 11.6 Å². The van der Waals surface area contributed by atoms with E-state index in [9.17, 15) is 14.4 Å². The van der Waals surface area contributed by atoms with E-state index in [2.05, 4.69) is 54.5 Å². The number of carbonyl (C=O) groups is 3. The van der Waals surface area contributed by atoms with Gasteiger partial charge < -0.3 is 4.74 Å². The van der Waals surface area contributed by atoms with Crippen molar-refractivity contribution in [1.82, 2.24) is 0 Å². The molecule has 0 aliphatic heterocycles. The number of methoxy groups -OCH3 is 1. The highest BCUT2D eigenvalue weighted by Crippen LogP contribution is 2.74. The summed E-state index contributed by atoms with van der Waals surface area (Å²) in [5.74, 6) is 0.980. The Bertz CT molecular complexity index is 1020. The average molecular weight is 483 g/mol. The molecular formula is C31H46O4. The number of ketones is 2. The lowest BCUT2D eigenvalue weighted by molar-refractivity contribution is -0.188. The molecule has 0 saturated heterocycles. The topological polar surface area (TPSA) is 60.4 Å². The van der Waals surface area contributed by atoms with Crippen LogP contribution in [0.1, 0.15) is 106 Å². The smallest absolute Gasteiger partial charge is 0.311 e. The van der Waals surface area contributed by atoms with Gasteiger partial charge >= 0.3 is 5.97 Å². The second-order valence-electron chi connectivity index (χ2n) is 14.9. The number of hydrogen-bond donors (Lipinski definition) is 0. The van der Waals surface area contributed by atoms with E-state index in [-0.39, 0.29) is 56.6 Å². The fourth-order valence-electron chi connectivity index (χ4n) is 10.4. The number of ether oxygens (including phenoxy) is 1. The highest BCUT2D eigenvalue weighted by atomic mass is 16.5. The maximum Gasteiger partial charge on any atom is 0.311 e. The number of carbonyl (C=O) groups excluding carboxylic acids is 3. The second kappa shape index (κ2) is 7.32. The van der Waals surface area contributed by atoms with Gasteiger partial charge in [0.15, 0.2) is 5.78 Å². The molecule has 0 amide bonds. The number of Topliss-reactive ketones (excluding diaryl/α,β-unsaturated/α-hetero) is 1. The minimum atomic E-state index is -0.490. The summed E-state index contributed by atoms with van der Waals surface area (Å²) in [7, 11) is 1.50. The van der Waals surface area contributed by atoms with Gasteiger partial charge in [-0.25, -0.2) is 0 Å². The highest BCUT2D eigenvalue weighted by Gasteiger charge is 2.70. The summed E-state index contributed by atoms with van der Waals surface area (Å²) in [5.41, 5.74) is 0.244. The molecule has 5 aliphatic rings. The van der Waals surface area contributed by atoms with Crippen LogP contribution in [-0.2, 0) is 19.1 Å². The third-order valence-corrected chi connectivity index (χ3v) is 13.0. The Balaban J connectivity index is 1.62. The molecule has 0 heterocycles. The van der Waals surface area contributed by atoms with Gasteiger partial charge in [0.1, 0.15) is 5.78 Å². The molecule has 0 radical (unpaired) electrons. The zero-order chi connectivity index (χ0) is 25.8. The van der Waals surface area contributed by atoms with Gasteiger partial charge in [0.25, 0.3) is 0 Å². The molecule has 5 rings (SSSR count). The summed E-state index contributed by atoms with van der Waals surface area (Å²) in [4.78, 5) is 40.0. The van der Waals surface area contributed by atoms with E-state index < -0.39 is 5.41 Å². The van der Waals surface area contributed by atoms with Crippen LogP contribution in [0.15, 0.2) is 11.6 Å². The Morgan fingerprint density at radius 2 is 1.57 bits per heavy atom. The van der Waals surface area contributed by atoms with Gasteiger partial charge in [0.05, 0.1) is 12.5 Å². The maximum absolute atomic E-state index is 14.3. The molecule has 4 fully saturated rings. The van der Waals surface area contributed by atoms with Gasteiger partial charge in [-0.2, -0.15) is 0 Å².